The molecule has 0 aliphatic carbocycles. The lowest BCUT2D eigenvalue weighted by Crippen LogP contribution is -2.38. The average Bonchev–Trinajstić information content (AvgIpc) is 2.87. The minimum atomic E-state index is -1.29. The van der Waals surface area contributed by atoms with Crippen molar-refractivity contribution in [2.75, 3.05) is 6.61 Å². The van der Waals surface area contributed by atoms with E-state index in [9.17, 15) is 14.4 Å². The Labute approximate surface area is 95.0 Å². The van der Waals surface area contributed by atoms with Gasteiger partial charge in [0.15, 0.2) is 11.4 Å². The number of ether oxygens (including phenoxy) is 1. The molecule has 1 aliphatic heterocycles. The number of nitrogens with zero attached hydrogens (tertiary/aromatic N) is 1. The summed E-state index contributed by atoms with van der Waals surface area (Å²) in [5.41, 5.74) is -0.564. The lowest BCUT2D eigenvalue weighted by molar-refractivity contribution is -0.139. The van der Waals surface area contributed by atoms with Crippen molar-refractivity contribution in [1.29, 1.82) is 0 Å². The van der Waals surface area contributed by atoms with Crippen molar-refractivity contribution in [1.82, 2.24) is 15.3 Å². The van der Waals surface area contributed by atoms with Crippen LogP contribution in [-0.4, -0.2) is 45.6 Å². The summed E-state index contributed by atoms with van der Waals surface area (Å²) in [6, 6.07) is -0.735. The number of H-pyrrole nitrogens is 1. The molecule has 2 rings (SSSR count). The molecule has 17 heavy (non-hydrogen) atoms. The fraction of sp³-hybridized carbons (Fsp3) is 0.333. The summed E-state index contributed by atoms with van der Waals surface area (Å²) < 4.78 is 4.66. The van der Waals surface area contributed by atoms with Crippen molar-refractivity contribution in [2.24, 2.45) is 0 Å². The highest BCUT2D eigenvalue weighted by Crippen LogP contribution is 2.08. The number of carboxylic acid groups (broad SMARTS) is 1. The zero-order valence-corrected chi connectivity index (χ0v) is 8.60. The van der Waals surface area contributed by atoms with E-state index in [-0.39, 0.29) is 18.0 Å². The Kier molecular flexibility index (Phi) is 2.77. The zero-order valence-electron chi connectivity index (χ0n) is 8.60. The van der Waals surface area contributed by atoms with Gasteiger partial charge in [-0.1, -0.05) is 0 Å². The van der Waals surface area contributed by atoms with Gasteiger partial charge in [-0.25, -0.2) is 14.6 Å². The number of cyclic esters (lactones) is 1. The van der Waals surface area contributed by atoms with Crippen molar-refractivity contribution < 1.29 is 24.2 Å². The van der Waals surface area contributed by atoms with E-state index in [1.807, 2.05) is 0 Å². The SMILES string of the molecule is O=C(NC1CCOC1=O)c1nc[nH]c1C(=O)O. The standard InChI is InChI=1S/C9H9N3O5/c13-7(12-4-1-2-17-9(4)16)5-6(8(14)15)11-3-10-5/h3-4H,1-2H2,(H,10,11)(H,12,13)(H,14,15). The molecule has 1 atom stereocenters. The number of hydrogen-bond acceptors (Lipinski definition) is 5. The van der Waals surface area contributed by atoms with E-state index < -0.39 is 23.9 Å². The summed E-state index contributed by atoms with van der Waals surface area (Å²) in [6.07, 6.45) is 1.47. The molecule has 0 spiro atoms. The van der Waals surface area contributed by atoms with Crippen LogP contribution in [0.5, 0.6) is 0 Å². The Balaban J connectivity index is 2.12. The highest BCUT2D eigenvalue weighted by molar-refractivity contribution is 6.03. The minimum absolute atomic E-state index is 0.246. The first-order valence-corrected chi connectivity index (χ1v) is 4.83. The molecule has 1 saturated heterocycles. The Morgan fingerprint density at radius 2 is 2.35 bits per heavy atom. The molecule has 1 unspecified atom stereocenters. The van der Waals surface area contributed by atoms with Gasteiger partial charge in [0.25, 0.3) is 5.91 Å². The second-order valence-electron chi connectivity index (χ2n) is 3.41. The van der Waals surface area contributed by atoms with Gasteiger partial charge in [-0.15, -0.1) is 0 Å². The number of carboxylic acids is 1. The van der Waals surface area contributed by atoms with Gasteiger partial charge in [0.2, 0.25) is 0 Å². The van der Waals surface area contributed by atoms with E-state index in [4.69, 9.17) is 5.11 Å². The van der Waals surface area contributed by atoms with Crippen molar-refractivity contribution in [3.05, 3.63) is 17.7 Å². The normalized spacial score (nSPS) is 18.8. The molecule has 0 radical (unpaired) electrons. The van der Waals surface area contributed by atoms with Gasteiger partial charge in [-0.3, -0.25) is 4.79 Å². The van der Waals surface area contributed by atoms with Crippen molar-refractivity contribution >= 4 is 17.8 Å². The lowest BCUT2D eigenvalue weighted by atomic mass is 10.2. The molecule has 2 heterocycles. The molecule has 90 valence electrons. The molecule has 0 saturated carbocycles. The Hall–Kier alpha value is -2.38. The maximum absolute atomic E-state index is 11.7. The maximum Gasteiger partial charge on any atom is 0.354 e. The van der Waals surface area contributed by atoms with E-state index in [0.717, 1.165) is 6.33 Å². The van der Waals surface area contributed by atoms with E-state index in [2.05, 4.69) is 20.0 Å². The van der Waals surface area contributed by atoms with Gasteiger partial charge in [-0.2, -0.15) is 0 Å². The molecule has 1 aliphatic rings. The van der Waals surface area contributed by atoms with E-state index in [1.165, 1.54) is 0 Å². The van der Waals surface area contributed by atoms with Gasteiger partial charge < -0.3 is 20.1 Å². The zero-order chi connectivity index (χ0) is 12.4. The highest BCUT2D eigenvalue weighted by atomic mass is 16.5. The van der Waals surface area contributed by atoms with Crippen LogP contribution in [0.25, 0.3) is 0 Å². The van der Waals surface area contributed by atoms with Crippen LogP contribution in [0.4, 0.5) is 0 Å². The molecule has 0 aromatic carbocycles. The quantitative estimate of drug-likeness (QED) is 0.591. The van der Waals surface area contributed by atoms with Gasteiger partial charge in [0.1, 0.15) is 6.04 Å². The largest absolute Gasteiger partial charge is 0.477 e. The number of imidazole rings is 1. The fourth-order valence-electron chi connectivity index (χ4n) is 1.48. The van der Waals surface area contributed by atoms with Gasteiger partial charge in [-0.05, 0) is 0 Å². The van der Waals surface area contributed by atoms with Crippen LogP contribution in [0.1, 0.15) is 27.4 Å². The van der Waals surface area contributed by atoms with Crippen LogP contribution >= 0.6 is 0 Å². The van der Waals surface area contributed by atoms with Crippen LogP contribution < -0.4 is 5.32 Å². The first kappa shape index (κ1) is 11.1. The Bertz CT molecular complexity index is 481. The third-order valence-corrected chi connectivity index (χ3v) is 2.31. The van der Waals surface area contributed by atoms with Gasteiger partial charge >= 0.3 is 11.9 Å². The number of esters is 1. The van der Waals surface area contributed by atoms with Crippen LogP contribution in [0.3, 0.4) is 0 Å². The number of carbonyl (C=O) groups is 3. The molecule has 1 aromatic rings. The van der Waals surface area contributed by atoms with Gasteiger partial charge in [0, 0.05) is 6.42 Å². The molecule has 0 bridgehead atoms. The number of amides is 1. The third-order valence-electron chi connectivity index (χ3n) is 2.31. The van der Waals surface area contributed by atoms with E-state index in [0.29, 0.717) is 6.42 Å². The number of aromatic carboxylic acids is 1. The second-order valence-corrected chi connectivity index (χ2v) is 3.41. The Morgan fingerprint density at radius 3 is 2.94 bits per heavy atom. The number of aromatic amines is 1. The monoisotopic (exact) mass is 239 g/mol. The number of nitrogens with one attached hydrogen (secondary N) is 2. The Morgan fingerprint density at radius 1 is 1.59 bits per heavy atom. The van der Waals surface area contributed by atoms with Crippen LogP contribution in [0.15, 0.2) is 6.33 Å². The number of aromatic nitrogens is 2. The topological polar surface area (TPSA) is 121 Å². The molecule has 1 aromatic heterocycles. The van der Waals surface area contributed by atoms with Crippen molar-refractivity contribution in [3.63, 3.8) is 0 Å². The summed E-state index contributed by atoms with van der Waals surface area (Å²) in [5, 5.41) is 11.1. The van der Waals surface area contributed by atoms with E-state index >= 15 is 0 Å². The van der Waals surface area contributed by atoms with Crippen LogP contribution in [0, 0.1) is 0 Å². The molecule has 3 N–H and O–H groups in total. The first-order valence-electron chi connectivity index (χ1n) is 4.83. The predicted octanol–water partition coefficient (Wildman–Crippen LogP) is -0.847. The fourth-order valence-corrected chi connectivity index (χ4v) is 1.48. The third kappa shape index (κ3) is 2.10. The van der Waals surface area contributed by atoms with Crippen LogP contribution in [0.2, 0.25) is 0 Å². The molecule has 8 nitrogen and oxygen atoms in total. The smallest absolute Gasteiger partial charge is 0.354 e. The number of hydrogen-bond donors (Lipinski definition) is 3. The average molecular weight is 239 g/mol. The molecular formula is C9H9N3O5. The number of carbonyl (C=O) groups excluding carboxylic acids is 2. The van der Waals surface area contributed by atoms with Crippen molar-refractivity contribution in [2.45, 2.75) is 12.5 Å². The summed E-state index contributed by atoms with van der Waals surface area (Å²) in [6.45, 7) is 0.246. The van der Waals surface area contributed by atoms with Crippen molar-refractivity contribution in [3.8, 4) is 0 Å². The lowest BCUT2D eigenvalue weighted by Gasteiger charge is -2.07. The summed E-state index contributed by atoms with van der Waals surface area (Å²) >= 11 is 0. The van der Waals surface area contributed by atoms with Gasteiger partial charge in [0.05, 0.1) is 12.9 Å². The van der Waals surface area contributed by atoms with E-state index in [1.54, 1.807) is 0 Å². The highest BCUT2D eigenvalue weighted by Gasteiger charge is 2.30. The molecular weight excluding hydrogens is 230 g/mol. The minimum Gasteiger partial charge on any atom is -0.477 e. The first-order chi connectivity index (χ1) is 8.09. The molecule has 8 heteroatoms. The predicted molar refractivity (Wildman–Crippen MR) is 52.4 cm³/mol. The van der Waals surface area contributed by atoms with Crippen LogP contribution in [-0.2, 0) is 9.53 Å². The summed E-state index contributed by atoms with van der Waals surface area (Å²) in [4.78, 5) is 39.5. The molecule has 1 amide bonds. The second kappa shape index (κ2) is 4.24. The maximum atomic E-state index is 11.7. The number of rotatable bonds is 3. The molecule has 1 fully saturated rings. The summed E-state index contributed by atoms with van der Waals surface area (Å²) in [7, 11) is 0. The summed E-state index contributed by atoms with van der Waals surface area (Å²) in [5.74, 6) is -2.53.